The van der Waals surface area contributed by atoms with Crippen LogP contribution in [-0.2, 0) is 17.8 Å². The number of hydrogen-bond donors (Lipinski definition) is 0. The Bertz CT molecular complexity index is 1000. The molecule has 27 heavy (non-hydrogen) atoms. The van der Waals surface area contributed by atoms with Gasteiger partial charge in [-0.05, 0) is 55.7 Å². The minimum atomic E-state index is -0.249. The quantitative estimate of drug-likeness (QED) is 0.626. The van der Waals surface area contributed by atoms with E-state index in [-0.39, 0.29) is 17.8 Å². The van der Waals surface area contributed by atoms with Crippen molar-refractivity contribution in [2.75, 3.05) is 12.3 Å². The number of halogens is 1. The zero-order valence-electron chi connectivity index (χ0n) is 15.5. The molecule has 0 N–H and O–H groups in total. The van der Waals surface area contributed by atoms with Crippen molar-refractivity contribution in [2.24, 2.45) is 0 Å². The number of amides is 1. The van der Waals surface area contributed by atoms with Crippen molar-refractivity contribution in [1.82, 2.24) is 14.5 Å². The first-order valence-electron chi connectivity index (χ1n) is 9.24. The third kappa shape index (κ3) is 3.34. The second kappa shape index (κ2) is 7.35. The lowest BCUT2D eigenvalue weighted by molar-refractivity contribution is -0.130. The summed E-state index contributed by atoms with van der Waals surface area (Å²) in [6.45, 7) is 5.53. The lowest BCUT2D eigenvalue weighted by Crippen LogP contribution is -2.40. The highest BCUT2D eigenvalue weighted by Gasteiger charge is 2.28. The van der Waals surface area contributed by atoms with Gasteiger partial charge in [-0.3, -0.25) is 4.79 Å². The Hall–Kier alpha value is -2.34. The van der Waals surface area contributed by atoms with Gasteiger partial charge in [0.15, 0.2) is 5.16 Å². The van der Waals surface area contributed by atoms with Crippen LogP contribution in [0.15, 0.2) is 47.6 Å². The fraction of sp³-hybridized carbons (Fsp3) is 0.333. The van der Waals surface area contributed by atoms with Crippen molar-refractivity contribution >= 4 is 28.7 Å². The van der Waals surface area contributed by atoms with Gasteiger partial charge in [0.1, 0.15) is 5.82 Å². The zero-order chi connectivity index (χ0) is 19.0. The number of para-hydroxylation sites is 2. The lowest BCUT2D eigenvalue weighted by Gasteiger charge is -2.35. The fourth-order valence-electron chi connectivity index (χ4n) is 3.80. The summed E-state index contributed by atoms with van der Waals surface area (Å²) in [7, 11) is 0. The number of thioether (sulfide) groups is 1. The van der Waals surface area contributed by atoms with Crippen LogP contribution in [0.3, 0.4) is 0 Å². The van der Waals surface area contributed by atoms with Crippen LogP contribution in [0.25, 0.3) is 11.0 Å². The van der Waals surface area contributed by atoms with E-state index in [4.69, 9.17) is 0 Å². The first-order valence-corrected chi connectivity index (χ1v) is 10.2. The van der Waals surface area contributed by atoms with Crippen LogP contribution in [-0.4, -0.2) is 32.7 Å². The van der Waals surface area contributed by atoms with Gasteiger partial charge < -0.3 is 9.47 Å². The van der Waals surface area contributed by atoms with Crippen LogP contribution in [0.1, 0.15) is 31.0 Å². The molecular formula is C21H22FN3OS. The number of rotatable bonds is 4. The van der Waals surface area contributed by atoms with Gasteiger partial charge in [0.05, 0.1) is 22.8 Å². The van der Waals surface area contributed by atoms with Gasteiger partial charge in [0.25, 0.3) is 0 Å². The van der Waals surface area contributed by atoms with Gasteiger partial charge in [-0.15, -0.1) is 0 Å². The summed E-state index contributed by atoms with van der Waals surface area (Å²) in [6.07, 6.45) is 0.768. The van der Waals surface area contributed by atoms with E-state index in [9.17, 15) is 9.18 Å². The van der Waals surface area contributed by atoms with Crippen molar-refractivity contribution in [3.8, 4) is 0 Å². The molecule has 1 unspecified atom stereocenters. The van der Waals surface area contributed by atoms with E-state index in [2.05, 4.69) is 22.5 Å². The molecule has 1 amide bonds. The normalized spacial score (nSPS) is 16.6. The van der Waals surface area contributed by atoms with Crippen LogP contribution in [0.5, 0.6) is 0 Å². The van der Waals surface area contributed by atoms with Crippen LogP contribution >= 0.6 is 11.8 Å². The summed E-state index contributed by atoms with van der Waals surface area (Å²) in [5.41, 5.74) is 4.09. The summed E-state index contributed by atoms with van der Waals surface area (Å²) in [6, 6.07) is 12.8. The molecule has 1 aliphatic rings. The molecular weight excluding hydrogens is 361 g/mol. The van der Waals surface area contributed by atoms with Crippen molar-refractivity contribution < 1.29 is 9.18 Å². The van der Waals surface area contributed by atoms with E-state index >= 15 is 0 Å². The standard InChI is InChI=1S/C21H22FN3OS/c1-3-24-19-7-5-4-6-18(19)23-21(24)27-13-20(26)25-11-10-15-8-9-16(22)12-17(15)14(25)2/h4-9,12,14H,3,10-11,13H2,1-2H3. The van der Waals surface area contributed by atoms with E-state index in [1.54, 1.807) is 6.07 Å². The molecule has 1 aromatic heterocycles. The van der Waals surface area contributed by atoms with Gasteiger partial charge in [-0.2, -0.15) is 0 Å². The average molecular weight is 383 g/mol. The molecule has 0 aliphatic carbocycles. The average Bonchev–Trinajstić information content (AvgIpc) is 3.04. The minimum Gasteiger partial charge on any atom is -0.335 e. The Balaban J connectivity index is 1.50. The van der Waals surface area contributed by atoms with Crippen molar-refractivity contribution in [3.63, 3.8) is 0 Å². The first kappa shape index (κ1) is 18.0. The number of nitrogens with zero attached hydrogens (tertiary/aromatic N) is 3. The number of benzene rings is 2. The molecule has 3 aromatic rings. The maximum absolute atomic E-state index is 13.6. The van der Waals surface area contributed by atoms with Crippen LogP contribution in [0.4, 0.5) is 4.39 Å². The molecule has 0 fully saturated rings. The molecule has 1 aliphatic heterocycles. The Morgan fingerprint density at radius 3 is 2.93 bits per heavy atom. The first-order chi connectivity index (χ1) is 13.1. The highest BCUT2D eigenvalue weighted by molar-refractivity contribution is 7.99. The Labute approximate surface area is 162 Å². The molecule has 4 rings (SSSR count). The number of aryl methyl sites for hydroxylation is 1. The van der Waals surface area contributed by atoms with Crippen LogP contribution < -0.4 is 0 Å². The maximum Gasteiger partial charge on any atom is 0.233 e. The number of carbonyl (C=O) groups excluding carboxylic acids is 1. The van der Waals surface area contributed by atoms with Gasteiger partial charge in [-0.1, -0.05) is 30.0 Å². The predicted octanol–water partition coefficient (Wildman–Crippen LogP) is 4.43. The Morgan fingerprint density at radius 1 is 1.30 bits per heavy atom. The predicted molar refractivity (Wildman–Crippen MR) is 106 cm³/mol. The largest absolute Gasteiger partial charge is 0.335 e. The SMILES string of the molecule is CCn1c(SCC(=O)N2CCc3ccc(F)cc3C2C)nc2ccccc21. The molecule has 140 valence electrons. The van der Waals surface area contributed by atoms with E-state index in [1.165, 1.54) is 17.8 Å². The third-order valence-corrected chi connectivity index (χ3v) is 6.19. The number of carbonyl (C=O) groups is 1. The summed E-state index contributed by atoms with van der Waals surface area (Å²) in [4.78, 5) is 19.4. The highest BCUT2D eigenvalue weighted by atomic mass is 32.2. The molecule has 2 heterocycles. The molecule has 6 heteroatoms. The highest BCUT2D eigenvalue weighted by Crippen LogP contribution is 2.31. The van der Waals surface area contributed by atoms with Gasteiger partial charge in [0, 0.05) is 13.1 Å². The molecule has 0 bridgehead atoms. The monoisotopic (exact) mass is 383 g/mol. The summed E-state index contributed by atoms with van der Waals surface area (Å²) < 4.78 is 15.8. The Morgan fingerprint density at radius 2 is 2.11 bits per heavy atom. The molecule has 0 radical (unpaired) electrons. The summed E-state index contributed by atoms with van der Waals surface area (Å²) in [5.74, 6) is 0.149. The Kier molecular flexibility index (Phi) is 4.91. The van der Waals surface area contributed by atoms with E-state index in [0.29, 0.717) is 12.3 Å². The van der Waals surface area contributed by atoms with Crippen molar-refractivity contribution in [3.05, 3.63) is 59.4 Å². The molecule has 1 atom stereocenters. The van der Waals surface area contributed by atoms with E-state index < -0.39 is 0 Å². The van der Waals surface area contributed by atoms with Gasteiger partial charge in [-0.25, -0.2) is 9.37 Å². The number of aromatic nitrogens is 2. The molecule has 2 aromatic carbocycles. The zero-order valence-corrected chi connectivity index (χ0v) is 16.3. The van der Waals surface area contributed by atoms with Gasteiger partial charge >= 0.3 is 0 Å². The van der Waals surface area contributed by atoms with Crippen LogP contribution in [0, 0.1) is 5.82 Å². The smallest absolute Gasteiger partial charge is 0.233 e. The minimum absolute atomic E-state index is 0.0668. The topological polar surface area (TPSA) is 38.1 Å². The number of fused-ring (bicyclic) bond motifs is 2. The van der Waals surface area contributed by atoms with Crippen molar-refractivity contribution in [2.45, 2.75) is 38.0 Å². The summed E-state index contributed by atoms with van der Waals surface area (Å²) >= 11 is 1.47. The summed E-state index contributed by atoms with van der Waals surface area (Å²) in [5, 5.41) is 0.864. The second-order valence-electron chi connectivity index (χ2n) is 6.77. The fourth-order valence-corrected chi connectivity index (χ4v) is 4.77. The molecule has 0 spiro atoms. The number of hydrogen-bond acceptors (Lipinski definition) is 3. The second-order valence-corrected chi connectivity index (χ2v) is 7.71. The lowest BCUT2D eigenvalue weighted by atomic mass is 9.93. The number of imidazole rings is 1. The van der Waals surface area contributed by atoms with Gasteiger partial charge in [0.2, 0.25) is 5.91 Å². The molecule has 0 saturated heterocycles. The van der Waals surface area contributed by atoms with E-state index in [0.717, 1.165) is 40.3 Å². The molecule has 0 saturated carbocycles. The van der Waals surface area contributed by atoms with E-state index in [1.807, 2.05) is 36.1 Å². The maximum atomic E-state index is 13.6. The van der Waals surface area contributed by atoms with Crippen LogP contribution in [0.2, 0.25) is 0 Å². The molecule has 4 nitrogen and oxygen atoms in total. The van der Waals surface area contributed by atoms with Crippen molar-refractivity contribution in [1.29, 1.82) is 0 Å². The third-order valence-electron chi connectivity index (χ3n) is 5.23.